The zero-order valence-corrected chi connectivity index (χ0v) is 4.46. The topological polar surface area (TPSA) is 56.0 Å². The van der Waals surface area contributed by atoms with Crippen LogP contribution in [0.1, 0.15) is 6.42 Å². The molecule has 3 nitrogen and oxygen atoms in total. The first-order valence-electron chi connectivity index (χ1n) is 2.63. The lowest BCUT2D eigenvalue weighted by atomic mass is 9.99. The maximum Gasteiger partial charge on any atom is 0.0971 e. The molecule has 0 unspecified atom stereocenters. The second kappa shape index (κ2) is 2.12. The van der Waals surface area contributed by atoms with Gasteiger partial charge < -0.3 is 5.11 Å². The monoisotopic (exact) mass is 112 g/mol. The zero-order chi connectivity index (χ0) is 5.98. The van der Waals surface area contributed by atoms with Crippen LogP contribution in [0.5, 0.6) is 0 Å². The molecule has 1 aliphatic rings. The molecule has 0 radical (unpaired) electrons. The molecule has 8 heavy (non-hydrogen) atoms. The molecule has 0 spiro atoms. The van der Waals surface area contributed by atoms with Crippen molar-refractivity contribution in [2.75, 3.05) is 6.61 Å². The van der Waals surface area contributed by atoms with Crippen molar-refractivity contribution in [2.24, 2.45) is 0 Å². The fourth-order valence-electron chi connectivity index (χ4n) is 0.762. The van der Waals surface area contributed by atoms with Crippen LogP contribution in [0.2, 0.25) is 0 Å². The molecule has 2 atom stereocenters. The Morgan fingerprint density at radius 3 is 2.88 bits per heavy atom. The fraction of sp³-hybridized carbons (Fsp3) is 0.800. The number of nitrogens with zero attached hydrogens (tertiary/aromatic N) is 1. The van der Waals surface area contributed by atoms with E-state index in [-0.39, 0.29) is 18.7 Å². The molecule has 1 fully saturated rings. The highest BCUT2D eigenvalue weighted by Gasteiger charge is 2.26. The Balaban J connectivity index is 2.14. The van der Waals surface area contributed by atoms with Crippen molar-refractivity contribution < 1.29 is 5.11 Å². The Bertz CT molecular complexity index is 112. The quantitative estimate of drug-likeness (QED) is 0.468. The zero-order valence-electron chi connectivity index (χ0n) is 4.46. The second-order valence-electron chi connectivity index (χ2n) is 1.96. The molecule has 0 amide bonds. The Morgan fingerprint density at radius 1 is 1.88 bits per heavy atom. The highest BCUT2D eigenvalue weighted by Crippen LogP contribution is 2.08. The molecule has 2 N–H and O–H groups in total. The summed E-state index contributed by atoms with van der Waals surface area (Å²) in [6.07, 6.45) is 0.799. The van der Waals surface area contributed by atoms with Gasteiger partial charge in [-0.3, -0.25) is 5.32 Å². The Labute approximate surface area is 47.9 Å². The number of hydrogen-bond acceptors (Lipinski definition) is 3. The van der Waals surface area contributed by atoms with Crippen LogP contribution in [0, 0.1) is 11.3 Å². The van der Waals surface area contributed by atoms with E-state index < -0.39 is 0 Å². The lowest BCUT2D eigenvalue weighted by Gasteiger charge is -2.30. The van der Waals surface area contributed by atoms with Gasteiger partial charge in [-0.2, -0.15) is 5.26 Å². The fourth-order valence-corrected chi connectivity index (χ4v) is 0.762. The van der Waals surface area contributed by atoms with Crippen molar-refractivity contribution in [1.29, 1.82) is 5.26 Å². The molecule has 1 rings (SSSR count). The van der Waals surface area contributed by atoms with Gasteiger partial charge >= 0.3 is 0 Å². The predicted octanol–water partition coefficient (Wildman–Crippen LogP) is -0.767. The molecule has 0 aromatic heterocycles. The van der Waals surface area contributed by atoms with E-state index in [4.69, 9.17) is 10.4 Å². The van der Waals surface area contributed by atoms with Gasteiger partial charge in [-0.1, -0.05) is 0 Å². The van der Waals surface area contributed by atoms with Crippen molar-refractivity contribution >= 4 is 0 Å². The Kier molecular flexibility index (Phi) is 1.47. The first-order valence-corrected chi connectivity index (χ1v) is 2.63. The van der Waals surface area contributed by atoms with Crippen molar-refractivity contribution in [3.63, 3.8) is 0 Å². The Hall–Kier alpha value is -0.590. The smallest absolute Gasteiger partial charge is 0.0971 e. The third kappa shape index (κ3) is 0.808. The average molecular weight is 112 g/mol. The minimum atomic E-state index is -0.00727. The molecule has 0 aliphatic carbocycles. The third-order valence-corrected chi connectivity index (χ3v) is 1.33. The maximum atomic E-state index is 8.43. The van der Waals surface area contributed by atoms with Crippen LogP contribution in [0.25, 0.3) is 0 Å². The molecule has 1 aliphatic heterocycles. The summed E-state index contributed by atoms with van der Waals surface area (Å²) in [5.74, 6) is 0. The van der Waals surface area contributed by atoms with Crippen molar-refractivity contribution in [3.8, 4) is 6.07 Å². The summed E-state index contributed by atoms with van der Waals surface area (Å²) in [7, 11) is 0. The average Bonchev–Trinajstić information content (AvgIpc) is 1.65. The molecule has 1 heterocycles. The summed E-state index contributed by atoms with van der Waals surface area (Å²) < 4.78 is 0. The minimum absolute atomic E-state index is 0.00727. The molecule has 0 bridgehead atoms. The SMILES string of the molecule is N#C[C@@H]1C[C@H](CO)N1. The van der Waals surface area contributed by atoms with E-state index in [1.165, 1.54) is 0 Å². The van der Waals surface area contributed by atoms with Crippen LogP contribution in [-0.4, -0.2) is 23.8 Å². The number of nitrogens with one attached hydrogen (secondary N) is 1. The molecule has 0 aromatic rings. The van der Waals surface area contributed by atoms with E-state index in [1.807, 2.05) is 6.07 Å². The summed E-state index contributed by atoms with van der Waals surface area (Å²) in [4.78, 5) is 0. The third-order valence-electron chi connectivity index (χ3n) is 1.33. The summed E-state index contributed by atoms with van der Waals surface area (Å²) in [5.41, 5.74) is 0. The normalized spacial score (nSPS) is 35.5. The van der Waals surface area contributed by atoms with Gasteiger partial charge in [0.25, 0.3) is 0 Å². The predicted molar refractivity (Wildman–Crippen MR) is 28.0 cm³/mol. The summed E-state index contributed by atoms with van der Waals surface area (Å²) in [6, 6.07) is 2.22. The van der Waals surface area contributed by atoms with Gasteiger partial charge in [0.15, 0.2) is 0 Å². The molecule has 0 aromatic carbocycles. The van der Waals surface area contributed by atoms with Gasteiger partial charge in [0.1, 0.15) is 0 Å². The molecule has 0 saturated carbocycles. The van der Waals surface area contributed by atoms with Crippen LogP contribution in [-0.2, 0) is 0 Å². The number of nitriles is 1. The van der Waals surface area contributed by atoms with Gasteiger partial charge in [0, 0.05) is 6.04 Å². The standard InChI is InChI=1S/C5H8N2O/c6-2-4-1-5(3-8)7-4/h4-5,7-8H,1,3H2/t4-,5+/m0/s1. The van der Waals surface area contributed by atoms with E-state index in [0.717, 1.165) is 6.42 Å². The summed E-state index contributed by atoms with van der Waals surface area (Å²) in [6.45, 7) is 0.151. The highest BCUT2D eigenvalue weighted by molar-refractivity contribution is 5.01. The van der Waals surface area contributed by atoms with Crippen LogP contribution < -0.4 is 5.32 Å². The first-order chi connectivity index (χ1) is 3.86. The van der Waals surface area contributed by atoms with E-state index >= 15 is 0 Å². The van der Waals surface area contributed by atoms with Crippen molar-refractivity contribution in [3.05, 3.63) is 0 Å². The van der Waals surface area contributed by atoms with Crippen LogP contribution in [0.4, 0.5) is 0 Å². The minimum Gasteiger partial charge on any atom is -0.395 e. The van der Waals surface area contributed by atoms with Crippen LogP contribution in [0.3, 0.4) is 0 Å². The highest BCUT2D eigenvalue weighted by atomic mass is 16.3. The van der Waals surface area contributed by atoms with E-state index in [2.05, 4.69) is 5.32 Å². The number of aliphatic hydroxyl groups is 1. The second-order valence-corrected chi connectivity index (χ2v) is 1.96. The van der Waals surface area contributed by atoms with Crippen LogP contribution in [0.15, 0.2) is 0 Å². The molecule has 44 valence electrons. The van der Waals surface area contributed by atoms with E-state index in [1.54, 1.807) is 0 Å². The Morgan fingerprint density at radius 2 is 2.50 bits per heavy atom. The van der Waals surface area contributed by atoms with Crippen LogP contribution >= 0.6 is 0 Å². The number of rotatable bonds is 1. The lowest BCUT2D eigenvalue weighted by Crippen LogP contribution is -2.53. The first kappa shape index (κ1) is 5.54. The summed E-state index contributed by atoms with van der Waals surface area (Å²) >= 11 is 0. The molecule has 1 saturated heterocycles. The van der Waals surface area contributed by atoms with Gasteiger partial charge in [0.2, 0.25) is 0 Å². The van der Waals surface area contributed by atoms with Gasteiger partial charge in [0.05, 0.1) is 18.7 Å². The van der Waals surface area contributed by atoms with Crippen molar-refractivity contribution in [1.82, 2.24) is 5.32 Å². The van der Waals surface area contributed by atoms with Gasteiger partial charge in [-0.15, -0.1) is 0 Å². The van der Waals surface area contributed by atoms with Gasteiger partial charge in [-0.05, 0) is 6.42 Å². The summed E-state index contributed by atoms with van der Waals surface area (Å²) in [5, 5.41) is 19.5. The largest absolute Gasteiger partial charge is 0.395 e. The van der Waals surface area contributed by atoms with Gasteiger partial charge in [-0.25, -0.2) is 0 Å². The van der Waals surface area contributed by atoms with E-state index in [0.29, 0.717) is 0 Å². The molecule has 3 heteroatoms. The van der Waals surface area contributed by atoms with Crippen molar-refractivity contribution in [2.45, 2.75) is 18.5 Å². The maximum absolute atomic E-state index is 8.43. The van der Waals surface area contributed by atoms with E-state index in [9.17, 15) is 0 Å². The molecular weight excluding hydrogens is 104 g/mol. The number of aliphatic hydroxyl groups excluding tert-OH is 1. The number of hydrogen-bond donors (Lipinski definition) is 2. The lowest BCUT2D eigenvalue weighted by molar-refractivity contribution is 0.178. The molecular formula is C5H8N2O.